The van der Waals surface area contributed by atoms with Crippen LogP contribution in [0.2, 0.25) is 0 Å². The topological polar surface area (TPSA) is 74.6 Å². The summed E-state index contributed by atoms with van der Waals surface area (Å²) in [4.78, 5) is 0. The predicted octanol–water partition coefficient (Wildman–Crippen LogP) is -1.62. The van der Waals surface area contributed by atoms with Crippen LogP contribution in [0.5, 0.6) is 0 Å². The zero-order chi connectivity index (χ0) is 12.3. The Morgan fingerprint density at radius 1 is 1.12 bits per heavy atom. The van der Waals surface area contributed by atoms with Crippen molar-refractivity contribution >= 4 is 10.1 Å². The molecular formula is C6H11F4NaO4S. The zero-order valence-electron chi connectivity index (χ0n) is 9.46. The number of hydrogen-bond donors (Lipinski definition) is 2. The second-order valence-electron chi connectivity index (χ2n) is 2.88. The van der Waals surface area contributed by atoms with E-state index < -0.39 is 40.7 Å². The number of hydrogen-bond acceptors (Lipinski definition) is 3. The minimum Gasteiger partial charge on any atom is -1.00 e. The second-order valence-corrected chi connectivity index (χ2v) is 4.34. The van der Waals surface area contributed by atoms with Gasteiger partial charge < -0.3 is 6.53 Å². The molecule has 0 aromatic heterocycles. The van der Waals surface area contributed by atoms with Gasteiger partial charge in [0.05, 0.1) is 0 Å². The van der Waals surface area contributed by atoms with E-state index in [0.29, 0.717) is 0 Å². The molecule has 0 fully saturated rings. The Balaban J connectivity index is -0.000000980. The molecule has 0 aliphatic heterocycles. The van der Waals surface area contributed by atoms with E-state index in [1.54, 1.807) is 0 Å². The summed E-state index contributed by atoms with van der Waals surface area (Å²) in [6.45, 7) is -0.465. The summed E-state index contributed by atoms with van der Waals surface area (Å²) < 4.78 is 78.2. The zero-order valence-corrected chi connectivity index (χ0v) is 11.3. The summed E-state index contributed by atoms with van der Waals surface area (Å²) in [6, 6.07) is 0. The maximum atomic E-state index is 12.7. The number of unbranched alkanes of at least 4 members (excludes halogenated alkanes) is 1. The Morgan fingerprint density at radius 3 is 1.88 bits per heavy atom. The van der Waals surface area contributed by atoms with Gasteiger partial charge in [-0.1, -0.05) is 0 Å². The average Bonchev–Trinajstić information content (AvgIpc) is 2.02. The van der Waals surface area contributed by atoms with E-state index in [1.165, 1.54) is 0 Å². The first-order valence-electron chi connectivity index (χ1n) is 3.90. The molecule has 0 heterocycles. The van der Waals surface area contributed by atoms with Gasteiger partial charge in [0.1, 0.15) is 0 Å². The molecule has 10 heteroatoms. The number of alkyl halides is 4. The summed E-state index contributed by atoms with van der Waals surface area (Å²) in [6.07, 6.45) is -2.06. The minimum absolute atomic E-state index is 0. The Hall–Kier alpha value is 0.590. The van der Waals surface area contributed by atoms with Gasteiger partial charge in [0.15, 0.2) is 0 Å². The van der Waals surface area contributed by atoms with Crippen LogP contribution in [0.3, 0.4) is 0 Å². The summed E-state index contributed by atoms with van der Waals surface area (Å²) in [5.74, 6) is -4.85. The monoisotopic (exact) mass is 278 g/mol. The van der Waals surface area contributed by atoms with E-state index in [0.717, 1.165) is 0 Å². The standard InChI is InChI=1S/C6H10F4O4S.Na.H/c7-5(8,3-1-2-4-11)6(9,10)15(12,13)14;;/h11H,1-4H2,(H,12,13,14);;/q;+1;-1. The predicted molar refractivity (Wildman–Crippen MR) is 43.5 cm³/mol. The van der Waals surface area contributed by atoms with Gasteiger partial charge in [-0.05, 0) is 12.8 Å². The van der Waals surface area contributed by atoms with Gasteiger partial charge in [0.25, 0.3) is 0 Å². The smallest absolute Gasteiger partial charge is 1.00 e. The first-order chi connectivity index (χ1) is 6.56. The number of aliphatic hydroxyl groups is 1. The van der Waals surface area contributed by atoms with Crippen LogP contribution < -0.4 is 29.6 Å². The summed E-state index contributed by atoms with van der Waals surface area (Å²) in [5.41, 5.74) is 0. The van der Waals surface area contributed by atoms with E-state index >= 15 is 0 Å². The van der Waals surface area contributed by atoms with Crippen molar-refractivity contribution in [3.05, 3.63) is 0 Å². The van der Waals surface area contributed by atoms with Crippen molar-refractivity contribution in [2.45, 2.75) is 30.4 Å². The molecule has 94 valence electrons. The molecule has 0 aromatic carbocycles. The largest absolute Gasteiger partial charge is 1.00 e. The number of halogens is 4. The van der Waals surface area contributed by atoms with Crippen molar-refractivity contribution in [3.63, 3.8) is 0 Å². The first kappa shape index (κ1) is 18.9. The summed E-state index contributed by atoms with van der Waals surface area (Å²) in [7, 11) is -6.14. The Kier molecular flexibility index (Phi) is 7.70. The summed E-state index contributed by atoms with van der Waals surface area (Å²) >= 11 is 0. The fraction of sp³-hybridized carbons (Fsp3) is 1.00. The van der Waals surface area contributed by atoms with Crippen LogP contribution in [0.1, 0.15) is 20.7 Å². The molecule has 0 aromatic rings. The fourth-order valence-electron chi connectivity index (χ4n) is 0.793. The fourth-order valence-corrected chi connectivity index (χ4v) is 1.27. The van der Waals surface area contributed by atoms with E-state index in [-0.39, 0.29) is 37.4 Å². The molecule has 0 aliphatic carbocycles. The molecule has 0 bridgehead atoms. The van der Waals surface area contributed by atoms with E-state index in [1.807, 2.05) is 0 Å². The van der Waals surface area contributed by atoms with Crippen molar-refractivity contribution in [1.82, 2.24) is 0 Å². The van der Waals surface area contributed by atoms with Gasteiger partial charge >= 0.3 is 50.9 Å². The molecular weight excluding hydrogens is 267 g/mol. The maximum absolute atomic E-state index is 12.7. The number of aliphatic hydroxyl groups excluding tert-OH is 1. The molecule has 16 heavy (non-hydrogen) atoms. The molecule has 0 aliphatic rings. The first-order valence-corrected chi connectivity index (χ1v) is 5.34. The van der Waals surface area contributed by atoms with Crippen LogP contribution >= 0.6 is 0 Å². The van der Waals surface area contributed by atoms with Gasteiger partial charge in [-0.15, -0.1) is 0 Å². The van der Waals surface area contributed by atoms with Crippen molar-refractivity contribution in [1.29, 1.82) is 0 Å². The maximum Gasteiger partial charge on any atom is 1.00 e. The average molecular weight is 278 g/mol. The van der Waals surface area contributed by atoms with Gasteiger partial charge in [0.2, 0.25) is 0 Å². The quantitative estimate of drug-likeness (QED) is 0.265. The van der Waals surface area contributed by atoms with Crippen LogP contribution in [-0.4, -0.2) is 35.9 Å². The van der Waals surface area contributed by atoms with Gasteiger partial charge in [0, 0.05) is 13.0 Å². The van der Waals surface area contributed by atoms with Crippen molar-refractivity contribution < 1.29 is 66.6 Å². The normalized spacial score (nSPS) is 13.4. The Labute approximate surface area is 114 Å². The van der Waals surface area contributed by atoms with Gasteiger partial charge in [-0.3, -0.25) is 4.55 Å². The molecule has 0 atom stereocenters. The molecule has 0 saturated carbocycles. The van der Waals surface area contributed by atoms with Gasteiger partial charge in [-0.25, -0.2) is 0 Å². The van der Waals surface area contributed by atoms with Crippen molar-refractivity contribution in [2.75, 3.05) is 6.61 Å². The van der Waals surface area contributed by atoms with Crippen LogP contribution in [0.25, 0.3) is 0 Å². The van der Waals surface area contributed by atoms with Crippen LogP contribution in [0.4, 0.5) is 17.6 Å². The van der Waals surface area contributed by atoms with E-state index in [9.17, 15) is 26.0 Å². The molecule has 0 spiro atoms. The van der Waals surface area contributed by atoms with E-state index in [2.05, 4.69) is 0 Å². The molecule has 2 N–H and O–H groups in total. The summed E-state index contributed by atoms with van der Waals surface area (Å²) in [5, 5.41) is 2.72. The molecule has 0 rings (SSSR count). The Bertz CT molecular complexity index is 311. The van der Waals surface area contributed by atoms with Gasteiger partial charge in [-0.2, -0.15) is 26.0 Å². The third-order valence-corrected chi connectivity index (χ3v) is 2.60. The number of rotatable bonds is 6. The second kappa shape index (κ2) is 6.50. The third-order valence-electron chi connectivity index (χ3n) is 1.65. The van der Waals surface area contributed by atoms with Crippen LogP contribution in [-0.2, 0) is 10.1 Å². The third kappa shape index (κ3) is 4.46. The van der Waals surface area contributed by atoms with Crippen molar-refractivity contribution in [2.24, 2.45) is 0 Å². The minimum atomic E-state index is -6.14. The molecule has 0 unspecified atom stereocenters. The molecule has 0 radical (unpaired) electrons. The van der Waals surface area contributed by atoms with E-state index in [4.69, 9.17) is 9.66 Å². The van der Waals surface area contributed by atoms with Crippen LogP contribution in [0.15, 0.2) is 0 Å². The molecule has 0 saturated heterocycles. The SMILES string of the molecule is O=S(=O)(O)C(F)(F)C(F)(F)CCCCO.[H-].[Na+]. The molecule has 0 amide bonds. The Morgan fingerprint density at radius 2 is 1.56 bits per heavy atom. The van der Waals surface area contributed by atoms with Crippen LogP contribution in [0, 0.1) is 0 Å². The van der Waals surface area contributed by atoms with Crippen molar-refractivity contribution in [3.8, 4) is 0 Å². The molecule has 4 nitrogen and oxygen atoms in total.